The second kappa shape index (κ2) is 38.8. The third-order valence-electron chi connectivity index (χ3n) is 12.2. The van der Waals surface area contributed by atoms with Crippen molar-refractivity contribution >= 4 is 21.2 Å². The van der Waals surface area contributed by atoms with Gasteiger partial charge in [-0.2, -0.15) is 8.42 Å². The fraction of sp³-hybridized carbons (Fsp3) is 0.808. The molecule has 4 nitrogen and oxygen atoms in total. The van der Waals surface area contributed by atoms with Crippen molar-refractivity contribution < 1.29 is 17.5 Å². The minimum atomic E-state index is -4.67. The van der Waals surface area contributed by atoms with E-state index in [-0.39, 0.29) is 0 Å². The Balaban J connectivity index is 0.00000304. The first-order valence-corrected chi connectivity index (χ1v) is 26.4. The molecule has 0 aliphatic rings. The van der Waals surface area contributed by atoms with Crippen molar-refractivity contribution in [1.29, 1.82) is 0 Å². The minimum Gasteiger partial charge on any atom is -0.264 e. The summed E-state index contributed by atoms with van der Waals surface area (Å²) in [5.41, 5.74) is 5.22. The monoisotopic (exact) mass is 815 g/mol. The standard InChI is InChI=1S/C52H92.H2O4S/c1-4-7-10-13-16-19-22-25-28-31-34-37-42-48-47-49-43-40-41-45-51(49)52(46-39-36-33-30-27-24-21-18-15-12-9-6-3)50(48)44-38-35-32-29-26-23-20-17-14-11-8-5-2;1-5(2,3)4/h40-41,43,45,47H,4-39,42,44,46H2,1-3H3;(H2,1,2,3,4). The van der Waals surface area contributed by atoms with Gasteiger partial charge in [0.25, 0.3) is 0 Å². The van der Waals surface area contributed by atoms with E-state index >= 15 is 0 Å². The maximum atomic E-state index is 8.74. The molecule has 0 aliphatic carbocycles. The molecule has 0 saturated heterocycles. The zero-order chi connectivity index (χ0) is 41.5. The Morgan fingerprint density at radius 1 is 0.368 bits per heavy atom. The lowest BCUT2D eigenvalue weighted by atomic mass is 9.86. The highest BCUT2D eigenvalue weighted by atomic mass is 32.3. The smallest absolute Gasteiger partial charge is 0.264 e. The van der Waals surface area contributed by atoms with E-state index in [0.29, 0.717) is 0 Å². The van der Waals surface area contributed by atoms with Gasteiger partial charge in [0.2, 0.25) is 0 Å². The summed E-state index contributed by atoms with van der Waals surface area (Å²) in [6, 6.07) is 12.0. The Morgan fingerprint density at radius 3 is 0.965 bits per heavy atom. The highest BCUT2D eigenvalue weighted by Crippen LogP contribution is 2.31. The van der Waals surface area contributed by atoms with Gasteiger partial charge in [0.15, 0.2) is 0 Å². The van der Waals surface area contributed by atoms with Crippen molar-refractivity contribution in [3.05, 3.63) is 47.0 Å². The van der Waals surface area contributed by atoms with Gasteiger partial charge >= 0.3 is 10.4 Å². The van der Waals surface area contributed by atoms with E-state index < -0.39 is 10.4 Å². The van der Waals surface area contributed by atoms with Crippen molar-refractivity contribution in [3.63, 3.8) is 0 Å². The molecule has 0 aliphatic heterocycles. The van der Waals surface area contributed by atoms with Crippen LogP contribution in [0, 0.1) is 0 Å². The molecule has 57 heavy (non-hydrogen) atoms. The summed E-state index contributed by atoms with van der Waals surface area (Å²) in [6.07, 6.45) is 55.5. The van der Waals surface area contributed by atoms with E-state index in [2.05, 4.69) is 51.1 Å². The maximum absolute atomic E-state index is 8.74. The van der Waals surface area contributed by atoms with Crippen LogP contribution < -0.4 is 0 Å². The average molecular weight is 815 g/mol. The zero-order valence-electron chi connectivity index (χ0n) is 38.1. The van der Waals surface area contributed by atoms with Gasteiger partial charge in [-0.3, -0.25) is 9.11 Å². The van der Waals surface area contributed by atoms with E-state index in [0.717, 1.165) is 0 Å². The molecule has 0 saturated carbocycles. The Kier molecular flexibility index (Phi) is 36.4. The fourth-order valence-electron chi connectivity index (χ4n) is 8.79. The highest BCUT2D eigenvalue weighted by molar-refractivity contribution is 7.79. The van der Waals surface area contributed by atoms with E-state index in [4.69, 9.17) is 17.5 Å². The quantitative estimate of drug-likeness (QED) is 0.0521. The molecule has 5 heteroatoms. The van der Waals surface area contributed by atoms with Crippen LogP contribution in [0.4, 0.5) is 0 Å². The van der Waals surface area contributed by atoms with Crippen LogP contribution in [-0.4, -0.2) is 17.5 Å². The van der Waals surface area contributed by atoms with Crippen LogP contribution in [0.15, 0.2) is 30.3 Å². The van der Waals surface area contributed by atoms with Gasteiger partial charge in [0.05, 0.1) is 0 Å². The third kappa shape index (κ3) is 33.0. The lowest BCUT2D eigenvalue weighted by Crippen LogP contribution is -2.04. The SMILES string of the molecule is CCCCCCCCCCCCCCc1cc2ccccc2c(CCCCCCCCCCCCCC)c1CCCCCCCCCCCCCC.O=S(=O)(O)O. The molecule has 0 atom stereocenters. The Labute approximate surface area is 355 Å². The summed E-state index contributed by atoms with van der Waals surface area (Å²) < 4.78 is 31.6. The molecule has 2 rings (SSSR count). The molecule has 0 radical (unpaired) electrons. The van der Waals surface area contributed by atoms with Gasteiger partial charge in [0.1, 0.15) is 0 Å². The molecule has 2 aromatic carbocycles. The van der Waals surface area contributed by atoms with Crippen LogP contribution in [-0.2, 0) is 29.7 Å². The first-order valence-electron chi connectivity index (χ1n) is 25.0. The molecule has 2 N–H and O–H groups in total. The molecule has 0 fully saturated rings. The Morgan fingerprint density at radius 2 is 0.632 bits per heavy atom. The fourth-order valence-corrected chi connectivity index (χ4v) is 8.79. The molecular weight excluding hydrogens is 721 g/mol. The molecular formula is C52H94O4S. The van der Waals surface area contributed by atoms with Crippen LogP contribution in [0.25, 0.3) is 10.8 Å². The van der Waals surface area contributed by atoms with Crippen molar-refractivity contribution in [2.45, 2.75) is 271 Å². The second-order valence-corrected chi connectivity index (χ2v) is 18.5. The number of fused-ring (bicyclic) bond motifs is 1. The van der Waals surface area contributed by atoms with Gasteiger partial charge in [-0.1, -0.05) is 263 Å². The summed E-state index contributed by atoms with van der Waals surface area (Å²) in [6.45, 7) is 6.96. The maximum Gasteiger partial charge on any atom is 0.394 e. The largest absolute Gasteiger partial charge is 0.394 e. The number of hydrogen-bond donors (Lipinski definition) is 2. The van der Waals surface area contributed by atoms with E-state index in [1.807, 2.05) is 0 Å². The van der Waals surface area contributed by atoms with Gasteiger partial charge in [-0.15, -0.1) is 0 Å². The van der Waals surface area contributed by atoms with Crippen molar-refractivity contribution in [1.82, 2.24) is 0 Å². The van der Waals surface area contributed by atoms with E-state index in [1.165, 1.54) is 256 Å². The molecule has 0 spiro atoms. The highest BCUT2D eigenvalue weighted by Gasteiger charge is 2.14. The first kappa shape index (κ1) is 53.6. The van der Waals surface area contributed by atoms with E-state index in [9.17, 15) is 0 Å². The second-order valence-electron chi connectivity index (χ2n) is 17.6. The average Bonchev–Trinajstić information content (AvgIpc) is 3.19. The minimum absolute atomic E-state index is 1.29. The summed E-state index contributed by atoms with van der Waals surface area (Å²) in [5.74, 6) is 0. The molecule has 0 unspecified atom stereocenters. The Bertz CT molecular complexity index is 1260. The van der Waals surface area contributed by atoms with Crippen LogP contribution in [0.3, 0.4) is 0 Å². The van der Waals surface area contributed by atoms with Crippen LogP contribution >= 0.6 is 0 Å². The summed E-state index contributed by atoms with van der Waals surface area (Å²) >= 11 is 0. The predicted octanol–water partition coefficient (Wildman–Crippen LogP) is 17.9. The lowest BCUT2D eigenvalue weighted by molar-refractivity contribution is 0.381. The number of benzene rings is 2. The van der Waals surface area contributed by atoms with Crippen molar-refractivity contribution in [2.75, 3.05) is 0 Å². The molecule has 0 amide bonds. The number of hydrogen-bond acceptors (Lipinski definition) is 2. The summed E-state index contributed by atoms with van der Waals surface area (Å²) in [4.78, 5) is 0. The predicted molar refractivity (Wildman–Crippen MR) is 252 cm³/mol. The number of rotatable bonds is 39. The van der Waals surface area contributed by atoms with Gasteiger partial charge in [-0.25, -0.2) is 0 Å². The third-order valence-corrected chi connectivity index (χ3v) is 12.2. The van der Waals surface area contributed by atoms with Gasteiger partial charge in [0, 0.05) is 0 Å². The zero-order valence-corrected chi connectivity index (χ0v) is 38.9. The van der Waals surface area contributed by atoms with Crippen molar-refractivity contribution in [2.24, 2.45) is 0 Å². The Hall–Kier alpha value is -1.43. The number of unbranched alkanes of at least 4 members (excludes halogenated alkanes) is 33. The lowest BCUT2D eigenvalue weighted by Gasteiger charge is -2.19. The summed E-state index contributed by atoms with van der Waals surface area (Å²) in [5, 5.41) is 3.07. The summed E-state index contributed by atoms with van der Waals surface area (Å²) in [7, 11) is -4.67. The van der Waals surface area contributed by atoms with Crippen LogP contribution in [0.1, 0.15) is 269 Å². The first-order chi connectivity index (χ1) is 27.8. The van der Waals surface area contributed by atoms with Gasteiger partial charge < -0.3 is 0 Å². The van der Waals surface area contributed by atoms with Crippen LogP contribution in [0.5, 0.6) is 0 Å². The topological polar surface area (TPSA) is 74.6 Å². The molecule has 0 aromatic heterocycles. The molecule has 0 heterocycles. The molecule has 332 valence electrons. The van der Waals surface area contributed by atoms with E-state index in [1.54, 1.807) is 22.1 Å². The molecule has 0 bridgehead atoms. The van der Waals surface area contributed by atoms with Crippen LogP contribution in [0.2, 0.25) is 0 Å². The normalized spacial score (nSPS) is 11.7. The molecule has 2 aromatic rings. The van der Waals surface area contributed by atoms with Gasteiger partial charge in [-0.05, 0) is 66.0 Å². The van der Waals surface area contributed by atoms with Crippen molar-refractivity contribution in [3.8, 4) is 0 Å². The number of aryl methyl sites for hydroxylation is 2.